The number of piperidine rings is 1. The SMILES string of the molecule is C=CC(=O)N1CCC(Nc2cnc3[nH]cc(CC)c3n2)CC1.[HH].[HH]. The maximum atomic E-state index is 11.6. The van der Waals surface area contributed by atoms with Crippen LogP contribution >= 0.6 is 0 Å². The molecule has 3 heterocycles. The molecule has 6 nitrogen and oxygen atoms in total. The number of carbonyl (C=O) groups is 1. The van der Waals surface area contributed by atoms with Gasteiger partial charge in [-0.3, -0.25) is 4.79 Å². The second-order valence-corrected chi connectivity index (χ2v) is 5.57. The van der Waals surface area contributed by atoms with Crippen molar-refractivity contribution in [2.45, 2.75) is 32.2 Å². The summed E-state index contributed by atoms with van der Waals surface area (Å²) in [6, 6.07) is 0.324. The number of rotatable bonds is 4. The molecular weight excluding hydrogens is 278 g/mol. The van der Waals surface area contributed by atoms with E-state index in [1.807, 2.05) is 11.1 Å². The number of nitrogens with one attached hydrogen (secondary N) is 2. The van der Waals surface area contributed by atoms with Crippen LogP contribution in [-0.2, 0) is 11.2 Å². The second-order valence-electron chi connectivity index (χ2n) is 5.57. The molecule has 6 heteroatoms. The minimum atomic E-state index is 0. The molecule has 2 N–H and O–H groups in total. The van der Waals surface area contributed by atoms with Gasteiger partial charge in [0.2, 0.25) is 5.91 Å². The van der Waals surface area contributed by atoms with Crippen LogP contribution in [0.1, 0.15) is 28.2 Å². The molecule has 0 atom stereocenters. The Bertz CT molecular complexity index is 695. The first kappa shape index (κ1) is 14.6. The van der Waals surface area contributed by atoms with Crippen molar-refractivity contribution >= 4 is 22.9 Å². The van der Waals surface area contributed by atoms with E-state index in [2.05, 4.69) is 33.8 Å². The molecule has 2 aromatic rings. The van der Waals surface area contributed by atoms with Gasteiger partial charge in [-0.15, -0.1) is 0 Å². The number of aromatic amines is 1. The molecule has 1 fully saturated rings. The molecule has 120 valence electrons. The van der Waals surface area contributed by atoms with E-state index in [1.165, 1.54) is 11.6 Å². The zero-order valence-corrected chi connectivity index (χ0v) is 12.8. The van der Waals surface area contributed by atoms with E-state index >= 15 is 0 Å². The number of amides is 1. The van der Waals surface area contributed by atoms with Crippen molar-refractivity contribution in [3.05, 3.63) is 30.6 Å². The monoisotopic (exact) mass is 303 g/mol. The minimum Gasteiger partial charge on any atom is -0.366 e. The number of H-pyrrole nitrogens is 1. The maximum absolute atomic E-state index is 11.6. The first-order valence-electron chi connectivity index (χ1n) is 7.72. The Morgan fingerprint density at radius 1 is 1.59 bits per heavy atom. The molecule has 1 aliphatic rings. The molecule has 3 rings (SSSR count). The van der Waals surface area contributed by atoms with Gasteiger partial charge in [0.15, 0.2) is 5.65 Å². The Kier molecular flexibility index (Phi) is 4.09. The summed E-state index contributed by atoms with van der Waals surface area (Å²) < 4.78 is 0. The smallest absolute Gasteiger partial charge is 0.245 e. The summed E-state index contributed by atoms with van der Waals surface area (Å²) in [7, 11) is 0. The summed E-state index contributed by atoms with van der Waals surface area (Å²) >= 11 is 0. The summed E-state index contributed by atoms with van der Waals surface area (Å²) in [5.74, 6) is 0.815. The van der Waals surface area contributed by atoms with Crippen LogP contribution in [0.15, 0.2) is 25.0 Å². The average Bonchev–Trinajstić information content (AvgIpc) is 2.97. The lowest BCUT2D eigenvalue weighted by Gasteiger charge is -2.31. The number of likely N-dealkylation sites (tertiary alicyclic amines) is 1. The number of aryl methyl sites for hydroxylation is 1. The lowest BCUT2D eigenvalue weighted by atomic mass is 10.1. The van der Waals surface area contributed by atoms with E-state index < -0.39 is 0 Å². The maximum Gasteiger partial charge on any atom is 0.245 e. The molecule has 22 heavy (non-hydrogen) atoms. The highest BCUT2D eigenvalue weighted by molar-refractivity contribution is 5.87. The van der Waals surface area contributed by atoms with Gasteiger partial charge in [-0.25, -0.2) is 9.97 Å². The highest BCUT2D eigenvalue weighted by atomic mass is 16.2. The topological polar surface area (TPSA) is 73.9 Å². The molecule has 1 amide bonds. The van der Waals surface area contributed by atoms with Crippen molar-refractivity contribution < 1.29 is 7.65 Å². The summed E-state index contributed by atoms with van der Waals surface area (Å²) in [6.45, 7) is 7.15. The van der Waals surface area contributed by atoms with Crippen molar-refractivity contribution in [2.24, 2.45) is 0 Å². The van der Waals surface area contributed by atoms with Gasteiger partial charge in [0.1, 0.15) is 11.3 Å². The molecule has 0 aromatic carbocycles. The molecule has 0 bridgehead atoms. The van der Waals surface area contributed by atoms with E-state index in [9.17, 15) is 4.79 Å². The number of aromatic nitrogens is 3. The average molecular weight is 303 g/mol. The number of hydrogen-bond donors (Lipinski definition) is 2. The van der Waals surface area contributed by atoms with E-state index in [0.29, 0.717) is 6.04 Å². The van der Waals surface area contributed by atoms with Crippen molar-refractivity contribution in [1.29, 1.82) is 0 Å². The van der Waals surface area contributed by atoms with Gasteiger partial charge in [-0.2, -0.15) is 0 Å². The van der Waals surface area contributed by atoms with Crippen LogP contribution in [0, 0.1) is 0 Å². The largest absolute Gasteiger partial charge is 0.366 e. The molecule has 0 spiro atoms. The predicted molar refractivity (Wildman–Crippen MR) is 90.9 cm³/mol. The fourth-order valence-electron chi connectivity index (χ4n) is 2.86. The van der Waals surface area contributed by atoms with Crippen LogP contribution in [0.2, 0.25) is 0 Å². The van der Waals surface area contributed by atoms with Crippen LogP contribution in [0.4, 0.5) is 5.82 Å². The van der Waals surface area contributed by atoms with E-state index in [0.717, 1.165) is 49.3 Å². The summed E-state index contributed by atoms with van der Waals surface area (Å²) in [4.78, 5) is 25.6. The molecule has 0 radical (unpaired) electrons. The highest BCUT2D eigenvalue weighted by Gasteiger charge is 2.21. The lowest BCUT2D eigenvalue weighted by molar-refractivity contribution is -0.126. The number of nitrogens with zero attached hydrogens (tertiary/aromatic N) is 3. The second kappa shape index (κ2) is 6.17. The molecule has 0 aliphatic carbocycles. The molecule has 0 unspecified atom stereocenters. The van der Waals surface area contributed by atoms with E-state index in [-0.39, 0.29) is 8.76 Å². The summed E-state index contributed by atoms with van der Waals surface area (Å²) in [6.07, 6.45) is 7.86. The fraction of sp³-hybridized carbons (Fsp3) is 0.438. The van der Waals surface area contributed by atoms with Gasteiger partial charge in [0, 0.05) is 28.2 Å². The molecule has 0 saturated carbocycles. The molecule has 1 aliphatic heterocycles. The van der Waals surface area contributed by atoms with Gasteiger partial charge in [-0.05, 0) is 30.9 Å². The highest BCUT2D eigenvalue weighted by Crippen LogP contribution is 2.19. The first-order chi connectivity index (χ1) is 10.7. The quantitative estimate of drug-likeness (QED) is 0.851. The molecule has 2 aromatic heterocycles. The van der Waals surface area contributed by atoms with Crippen LogP contribution in [-0.4, -0.2) is 44.9 Å². The fourth-order valence-corrected chi connectivity index (χ4v) is 2.86. The van der Waals surface area contributed by atoms with Crippen molar-refractivity contribution in [2.75, 3.05) is 18.4 Å². The standard InChI is InChI=1S/C16H21N5O.2H2/c1-3-11-9-17-16-15(11)20-13(10-18-16)19-12-5-7-21(8-6-12)14(22)4-2;;/h4,9-10,12H,2-3,5-8H2,1H3,(H,17,18)(H,19,20);2*1H. The van der Waals surface area contributed by atoms with Crippen molar-refractivity contribution in [1.82, 2.24) is 19.9 Å². The number of fused-ring (bicyclic) bond motifs is 1. The number of anilines is 1. The normalized spacial score (nSPS) is 16.0. The van der Waals surface area contributed by atoms with Gasteiger partial charge >= 0.3 is 0 Å². The van der Waals surface area contributed by atoms with Crippen LogP contribution < -0.4 is 5.32 Å². The van der Waals surface area contributed by atoms with E-state index in [1.54, 1.807) is 6.20 Å². The predicted octanol–water partition coefficient (Wildman–Crippen LogP) is 2.60. The Morgan fingerprint density at radius 2 is 2.36 bits per heavy atom. The van der Waals surface area contributed by atoms with Crippen LogP contribution in [0.25, 0.3) is 11.2 Å². The third-order valence-electron chi connectivity index (χ3n) is 4.17. The van der Waals surface area contributed by atoms with Gasteiger partial charge in [0.25, 0.3) is 0 Å². The Hall–Kier alpha value is -2.37. The first-order valence-corrected chi connectivity index (χ1v) is 7.72. The Morgan fingerprint density at radius 3 is 3.05 bits per heavy atom. The van der Waals surface area contributed by atoms with E-state index in [4.69, 9.17) is 0 Å². The number of hydrogen-bond acceptors (Lipinski definition) is 4. The van der Waals surface area contributed by atoms with Gasteiger partial charge in [0.05, 0.1) is 6.20 Å². The van der Waals surface area contributed by atoms with Crippen molar-refractivity contribution in [3.8, 4) is 0 Å². The number of carbonyl (C=O) groups excluding carboxylic acids is 1. The summed E-state index contributed by atoms with van der Waals surface area (Å²) in [5, 5.41) is 3.44. The Labute approximate surface area is 132 Å². The van der Waals surface area contributed by atoms with Crippen molar-refractivity contribution in [3.63, 3.8) is 0 Å². The molecule has 1 saturated heterocycles. The summed E-state index contributed by atoms with van der Waals surface area (Å²) in [5.41, 5.74) is 2.94. The van der Waals surface area contributed by atoms with Gasteiger partial charge in [-0.1, -0.05) is 13.5 Å². The Balaban J connectivity index is 0.00000144. The third-order valence-corrected chi connectivity index (χ3v) is 4.17. The van der Waals surface area contributed by atoms with Gasteiger partial charge < -0.3 is 15.2 Å². The zero-order valence-electron chi connectivity index (χ0n) is 12.8. The molecular formula is C16H25N5O. The lowest BCUT2D eigenvalue weighted by Crippen LogP contribution is -2.41. The minimum absolute atomic E-state index is 0. The van der Waals surface area contributed by atoms with Crippen LogP contribution in [0.5, 0.6) is 0 Å². The zero-order chi connectivity index (χ0) is 15.5. The third kappa shape index (κ3) is 2.81. The van der Waals surface area contributed by atoms with Crippen LogP contribution in [0.3, 0.4) is 0 Å².